The SMILES string of the molecule is COc1ccc(-c2cc(CN(C(=O)c3ccc(C)cc3)C(C)C)no2)c(OC)c1. The molecule has 0 aliphatic heterocycles. The maximum absolute atomic E-state index is 13.0. The van der Waals surface area contributed by atoms with E-state index >= 15 is 0 Å². The number of carbonyl (C=O) groups excluding carboxylic acids is 1. The second-order valence-corrected chi connectivity index (χ2v) is 7.14. The Morgan fingerprint density at radius 2 is 1.79 bits per heavy atom. The minimum Gasteiger partial charge on any atom is -0.497 e. The van der Waals surface area contributed by atoms with Gasteiger partial charge in [0.05, 0.1) is 26.3 Å². The van der Waals surface area contributed by atoms with Gasteiger partial charge in [0.15, 0.2) is 5.76 Å². The van der Waals surface area contributed by atoms with Gasteiger partial charge in [-0.25, -0.2) is 0 Å². The third kappa shape index (κ3) is 4.59. The van der Waals surface area contributed by atoms with E-state index in [-0.39, 0.29) is 11.9 Å². The van der Waals surface area contributed by atoms with E-state index < -0.39 is 0 Å². The van der Waals surface area contributed by atoms with Crippen molar-refractivity contribution in [2.24, 2.45) is 0 Å². The Hall–Kier alpha value is -3.28. The predicted molar refractivity (Wildman–Crippen MR) is 111 cm³/mol. The van der Waals surface area contributed by atoms with E-state index in [1.807, 2.05) is 63.2 Å². The van der Waals surface area contributed by atoms with Crippen molar-refractivity contribution in [3.05, 3.63) is 65.4 Å². The monoisotopic (exact) mass is 394 g/mol. The van der Waals surface area contributed by atoms with Crippen LogP contribution in [-0.4, -0.2) is 36.2 Å². The van der Waals surface area contributed by atoms with Crippen LogP contribution in [0.5, 0.6) is 11.5 Å². The number of rotatable bonds is 7. The molecule has 1 heterocycles. The Labute approximate surface area is 171 Å². The molecule has 152 valence electrons. The van der Waals surface area contributed by atoms with Gasteiger partial charge in [-0.1, -0.05) is 22.9 Å². The third-order valence-electron chi connectivity index (χ3n) is 4.75. The van der Waals surface area contributed by atoms with E-state index in [0.717, 1.165) is 11.1 Å². The molecule has 0 saturated heterocycles. The van der Waals surface area contributed by atoms with Gasteiger partial charge in [-0.3, -0.25) is 4.79 Å². The summed E-state index contributed by atoms with van der Waals surface area (Å²) in [7, 11) is 3.20. The van der Waals surface area contributed by atoms with Gasteiger partial charge in [0.2, 0.25) is 0 Å². The van der Waals surface area contributed by atoms with Gasteiger partial charge >= 0.3 is 0 Å². The van der Waals surface area contributed by atoms with Crippen LogP contribution < -0.4 is 9.47 Å². The summed E-state index contributed by atoms with van der Waals surface area (Å²) >= 11 is 0. The lowest BCUT2D eigenvalue weighted by Gasteiger charge is -2.26. The molecule has 6 heteroatoms. The highest BCUT2D eigenvalue weighted by Crippen LogP contribution is 2.33. The Bertz CT molecular complexity index is 977. The molecule has 0 fully saturated rings. The van der Waals surface area contributed by atoms with Gasteiger partial charge < -0.3 is 18.9 Å². The molecule has 29 heavy (non-hydrogen) atoms. The first kappa shape index (κ1) is 20.5. The van der Waals surface area contributed by atoms with E-state index in [1.165, 1.54) is 0 Å². The maximum atomic E-state index is 13.0. The molecule has 0 saturated carbocycles. The third-order valence-corrected chi connectivity index (χ3v) is 4.75. The molecule has 6 nitrogen and oxygen atoms in total. The molecule has 0 aliphatic rings. The van der Waals surface area contributed by atoms with Crippen molar-refractivity contribution in [2.45, 2.75) is 33.4 Å². The van der Waals surface area contributed by atoms with Gasteiger partial charge in [-0.15, -0.1) is 0 Å². The quantitative estimate of drug-likeness (QED) is 0.580. The van der Waals surface area contributed by atoms with Gasteiger partial charge in [-0.2, -0.15) is 0 Å². The number of aryl methyl sites for hydroxylation is 1. The highest BCUT2D eigenvalue weighted by atomic mass is 16.5. The van der Waals surface area contributed by atoms with Crippen LogP contribution in [0, 0.1) is 6.92 Å². The zero-order valence-electron chi connectivity index (χ0n) is 17.4. The fourth-order valence-corrected chi connectivity index (χ4v) is 3.04. The molecule has 0 radical (unpaired) electrons. The van der Waals surface area contributed by atoms with Crippen LogP contribution in [0.15, 0.2) is 53.1 Å². The molecular weight excluding hydrogens is 368 g/mol. The number of benzene rings is 2. The number of amides is 1. The summed E-state index contributed by atoms with van der Waals surface area (Å²) in [5.74, 6) is 1.86. The molecule has 0 spiro atoms. The molecule has 2 aromatic carbocycles. The Balaban J connectivity index is 1.83. The summed E-state index contributed by atoms with van der Waals surface area (Å²) in [6, 6.07) is 14.9. The van der Waals surface area contributed by atoms with Crippen molar-refractivity contribution >= 4 is 5.91 Å². The molecule has 3 rings (SSSR count). The predicted octanol–water partition coefficient (Wildman–Crippen LogP) is 4.72. The van der Waals surface area contributed by atoms with E-state index in [9.17, 15) is 4.79 Å². The molecule has 0 atom stereocenters. The number of hydrogen-bond acceptors (Lipinski definition) is 5. The van der Waals surface area contributed by atoms with Crippen LogP contribution in [0.2, 0.25) is 0 Å². The van der Waals surface area contributed by atoms with Crippen LogP contribution >= 0.6 is 0 Å². The van der Waals surface area contributed by atoms with Crippen molar-refractivity contribution in [3.63, 3.8) is 0 Å². The van der Waals surface area contributed by atoms with Crippen LogP contribution in [0.25, 0.3) is 11.3 Å². The average Bonchev–Trinajstić information content (AvgIpc) is 3.19. The number of methoxy groups -OCH3 is 2. The van der Waals surface area contributed by atoms with Crippen molar-refractivity contribution in [1.29, 1.82) is 0 Å². The fourth-order valence-electron chi connectivity index (χ4n) is 3.04. The van der Waals surface area contributed by atoms with Crippen molar-refractivity contribution in [2.75, 3.05) is 14.2 Å². The largest absolute Gasteiger partial charge is 0.497 e. The summed E-state index contributed by atoms with van der Waals surface area (Å²) in [4.78, 5) is 14.8. The van der Waals surface area contributed by atoms with Crippen LogP contribution in [0.1, 0.15) is 35.5 Å². The van der Waals surface area contributed by atoms with E-state index in [1.54, 1.807) is 25.2 Å². The molecule has 0 N–H and O–H groups in total. The summed E-state index contributed by atoms with van der Waals surface area (Å²) in [6.45, 7) is 6.32. The Morgan fingerprint density at radius 3 is 2.41 bits per heavy atom. The van der Waals surface area contributed by atoms with Crippen LogP contribution in [-0.2, 0) is 6.54 Å². The lowest BCUT2D eigenvalue weighted by Crippen LogP contribution is -2.36. The summed E-state index contributed by atoms with van der Waals surface area (Å²) < 4.78 is 16.2. The second-order valence-electron chi connectivity index (χ2n) is 7.14. The van der Waals surface area contributed by atoms with Crippen molar-refractivity contribution in [1.82, 2.24) is 10.1 Å². The van der Waals surface area contributed by atoms with E-state index in [4.69, 9.17) is 14.0 Å². The first-order valence-corrected chi connectivity index (χ1v) is 9.48. The smallest absolute Gasteiger partial charge is 0.254 e. The van der Waals surface area contributed by atoms with E-state index in [2.05, 4.69) is 5.16 Å². The summed E-state index contributed by atoms with van der Waals surface area (Å²) in [5, 5.41) is 4.17. The van der Waals surface area contributed by atoms with Gasteiger partial charge in [0.1, 0.15) is 17.2 Å². The number of carbonyl (C=O) groups is 1. The molecule has 3 aromatic rings. The van der Waals surface area contributed by atoms with Gasteiger partial charge in [0, 0.05) is 23.7 Å². The van der Waals surface area contributed by atoms with Gasteiger partial charge in [-0.05, 0) is 45.0 Å². The number of nitrogens with zero attached hydrogens (tertiary/aromatic N) is 2. The highest BCUT2D eigenvalue weighted by molar-refractivity contribution is 5.94. The minimum absolute atomic E-state index is 0.0134. The highest BCUT2D eigenvalue weighted by Gasteiger charge is 2.21. The lowest BCUT2D eigenvalue weighted by molar-refractivity contribution is 0.0686. The van der Waals surface area contributed by atoms with Gasteiger partial charge in [0.25, 0.3) is 5.91 Å². The van der Waals surface area contributed by atoms with Crippen LogP contribution in [0.4, 0.5) is 0 Å². The topological polar surface area (TPSA) is 64.8 Å². The molecular formula is C23H26N2O4. The Kier molecular flexibility index (Phi) is 6.22. The van der Waals surface area contributed by atoms with Crippen molar-refractivity contribution < 1.29 is 18.8 Å². The van der Waals surface area contributed by atoms with Crippen molar-refractivity contribution in [3.8, 4) is 22.8 Å². The first-order chi connectivity index (χ1) is 13.9. The fraction of sp³-hybridized carbons (Fsp3) is 0.304. The summed E-state index contributed by atoms with van der Waals surface area (Å²) in [5.41, 5.74) is 3.22. The Morgan fingerprint density at radius 1 is 1.07 bits per heavy atom. The number of ether oxygens (including phenoxy) is 2. The van der Waals surface area contributed by atoms with E-state index in [0.29, 0.717) is 35.1 Å². The first-order valence-electron chi connectivity index (χ1n) is 9.48. The standard InChI is InChI=1S/C23H26N2O4/c1-15(2)25(23(26)17-8-6-16(3)7-9-17)14-18-12-22(29-24-18)20-11-10-19(27-4)13-21(20)28-5/h6-13,15H,14H2,1-5H3. The lowest BCUT2D eigenvalue weighted by atomic mass is 10.1. The molecule has 1 aromatic heterocycles. The maximum Gasteiger partial charge on any atom is 0.254 e. The molecule has 1 amide bonds. The molecule has 0 unspecified atom stereocenters. The zero-order valence-corrected chi connectivity index (χ0v) is 17.4. The number of aromatic nitrogens is 1. The normalized spacial score (nSPS) is 10.8. The second kappa shape index (κ2) is 8.82. The zero-order chi connectivity index (χ0) is 21.0. The number of hydrogen-bond donors (Lipinski definition) is 0. The molecule has 0 bridgehead atoms. The van der Waals surface area contributed by atoms with Crippen LogP contribution in [0.3, 0.4) is 0 Å². The molecule has 0 aliphatic carbocycles. The summed E-state index contributed by atoms with van der Waals surface area (Å²) in [6.07, 6.45) is 0. The minimum atomic E-state index is -0.0356. The average molecular weight is 394 g/mol.